The van der Waals surface area contributed by atoms with Crippen molar-refractivity contribution in [3.05, 3.63) is 11.3 Å². The maximum Gasteiger partial charge on any atom is 0.325 e. The van der Waals surface area contributed by atoms with Gasteiger partial charge in [0.2, 0.25) is 0 Å². The number of anilines is 2. The molecule has 7 heteroatoms. The van der Waals surface area contributed by atoms with E-state index in [0.29, 0.717) is 12.4 Å². The summed E-state index contributed by atoms with van der Waals surface area (Å²) in [7, 11) is 0. The number of hydrogen-bond acceptors (Lipinski definition) is 6. The molecule has 1 fully saturated rings. The molecule has 0 spiro atoms. The molecule has 1 saturated carbocycles. The number of hydrogen-bond donors (Lipinski definition) is 1. The molecule has 0 aromatic carbocycles. The monoisotopic (exact) mass is 270 g/mol. The van der Waals surface area contributed by atoms with Crippen LogP contribution in [0.15, 0.2) is 6.33 Å². The number of carbonyl (C=O) groups excluding carboxylic acids is 1. The lowest BCUT2D eigenvalue weighted by Gasteiger charge is -2.23. The van der Waals surface area contributed by atoms with Crippen molar-refractivity contribution in [2.75, 3.05) is 23.8 Å². The maximum absolute atomic E-state index is 11.6. The first-order valence-corrected chi connectivity index (χ1v) is 6.19. The third-order valence-corrected chi connectivity index (χ3v) is 3.03. The SMILES string of the molecule is CCOC(=O)CN(c1ncnc(N)c1Cl)C1CC1. The molecule has 2 N–H and O–H groups in total. The predicted octanol–water partition coefficient (Wildman–Crippen LogP) is 1.24. The van der Waals surface area contributed by atoms with E-state index in [1.807, 2.05) is 4.90 Å². The average molecular weight is 271 g/mol. The number of ether oxygens (including phenoxy) is 1. The van der Waals surface area contributed by atoms with Gasteiger partial charge in [-0.15, -0.1) is 0 Å². The van der Waals surface area contributed by atoms with E-state index >= 15 is 0 Å². The summed E-state index contributed by atoms with van der Waals surface area (Å²) in [5.41, 5.74) is 5.64. The van der Waals surface area contributed by atoms with Crippen molar-refractivity contribution in [1.82, 2.24) is 9.97 Å². The lowest BCUT2D eigenvalue weighted by molar-refractivity contribution is -0.141. The number of aromatic nitrogens is 2. The van der Waals surface area contributed by atoms with Gasteiger partial charge in [-0.3, -0.25) is 4.79 Å². The van der Waals surface area contributed by atoms with E-state index in [-0.39, 0.29) is 29.4 Å². The Labute approximate surface area is 110 Å². The van der Waals surface area contributed by atoms with Crippen LogP contribution in [-0.2, 0) is 9.53 Å². The number of halogens is 1. The third kappa shape index (κ3) is 2.81. The number of rotatable bonds is 5. The summed E-state index contributed by atoms with van der Waals surface area (Å²) in [6, 6.07) is 0.279. The molecule has 0 unspecified atom stereocenters. The zero-order chi connectivity index (χ0) is 13.1. The lowest BCUT2D eigenvalue weighted by atomic mass is 10.4. The Morgan fingerprint density at radius 1 is 1.61 bits per heavy atom. The van der Waals surface area contributed by atoms with Crippen molar-refractivity contribution in [3.63, 3.8) is 0 Å². The Kier molecular flexibility index (Phi) is 3.86. The molecule has 1 aliphatic rings. The summed E-state index contributed by atoms with van der Waals surface area (Å²) in [6.45, 7) is 2.26. The molecule has 1 aromatic heterocycles. The van der Waals surface area contributed by atoms with Gasteiger partial charge >= 0.3 is 5.97 Å². The fourth-order valence-corrected chi connectivity index (χ4v) is 1.89. The Balaban J connectivity index is 2.19. The lowest BCUT2D eigenvalue weighted by Crippen LogP contribution is -2.34. The number of carbonyl (C=O) groups is 1. The number of nitrogens with zero attached hydrogens (tertiary/aromatic N) is 3. The first-order chi connectivity index (χ1) is 8.63. The predicted molar refractivity (Wildman–Crippen MR) is 68.5 cm³/mol. The number of nitrogens with two attached hydrogens (primary N) is 1. The normalized spacial score (nSPS) is 14.3. The van der Waals surface area contributed by atoms with Gasteiger partial charge in [0.15, 0.2) is 5.82 Å². The minimum absolute atomic E-state index is 0.134. The highest BCUT2D eigenvalue weighted by atomic mass is 35.5. The van der Waals surface area contributed by atoms with Gasteiger partial charge in [0.25, 0.3) is 0 Å². The van der Waals surface area contributed by atoms with Crippen LogP contribution in [0.25, 0.3) is 0 Å². The molecular weight excluding hydrogens is 256 g/mol. The van der Waals surface area contributed by atoms with Crippen molar-refractivity contribution in [1.29, 1.82) is 0 Å². The summed E-state index contributed by atoms with van der Waals surface area (Å²) >= 11 is 6.08. The van der Waals surface area contributed by atoms with Gasteiger partial charge in [0, 0.05) is 6.04 Å². The average Bonchev–Trinajstić information content (AvgIpc) is 3.15. The van der Waals surface area contributed by atoms with Crippen LogP contribution in [0.3, 0.4) is 0 Å². The van der Waals surface area contributed by atoms with E-state index in [2.05, 4.69) is 9.97 Å². The van der Waals surface area contributed by atoms with E-state index in [0.717, 1.165) is 12.8 Å². The second-order valence-corrected chi connectivity index (χ2v) is 4.44. The zero-order valence-electron chi connectivity index (χ0n) is 10.1. The highest BCUT2D eigenvalue weighted by molar-refractivity contribution is 6.35. The summed E-state index contributed by atoms with van der Waals surface area (Å²) in [5, 5.41) is 0.286. The van der Waals surface area contributed by atoms with Crippen LogP contribution < -0.4 is 10.6 Å². The van der Waals surface area contributed by atoms with Crippen molar-refractivity contribution in [2.45, 2.75) is 25.8 Å². The third-order valence-electron chi connectivity index (χ3n) is 2.66. The van der Waals surface area contributed by atoms with Gasteiger partial charge in [-0.05, 0) is 19.8 Å². The van der Waals surface area contributed by atoms with Gasteiger partial charge in [0.1, 0.15) is 23.7 Å². The van der Waals surface area contributed by atoms with Crippen LogP contribution in [0.2, 0.25) is 5.02 Å². The molecule has 6 nitrogen and oxygen atoms in total. The van der Waals surface area contributed by atoms with E-state index in [9.17, 15) is 4.79 Å². The van der Waals surface area contributed by atoms with Gasteiger partial charge in [-0.1, -0.05) is 11.6 Å². The van der Waals surface area contributed by atoms with Crippen LogP contribution in [-0.4, -0.2) is 35.1 Å². The van der Waals surface area contributed by atoms with Crippen LogP contribution in [0.4, 0.5) is 11.6 Å². The maximum atomic E-state index is 11.6. The second-order valence-electron chi connectivity index (χ2n) is 4.06. The van der Waals surface area contributed by atoms with Crippen molar-refractivity contribution < 1.29 is 9.53 Å². The second kappa shape index (κ2) is 5.39. The van der Waals surface area contributed by atoms with Crippen LogP contribution >= 0.6 is 11.6 Å². The molecule has 0 atom stereocenters. The Bertz CT molecular complexity index is 451. The van der Waals surface area contributed by atoms with E-state index in [1.54, 1.807) is 6.92 Å². The van der Waals surface area contributed by atoms with E-state index < -0.39 is 0 Å². The topological polar surface area (TPSA) is 81.3 Å². The highest BCUT2D eigenvalue weighted by Crippen LogP contribution is 2.35. The van der Waals surface area contributed by atoms with Gasteiger partial charge in [-0.25, -0.2) is 9.97 Å². The molecule has 2 rings (SSSR count). The molecule has 1 aliphatic carbocycles. The fraction of sp³-hybridized carbons (Fsp3) is 0.545. The quantitative estimate of drug-likeness (QED) is 0.811. The zero-order valence-corrected chi connectivity index (χ0v) is 10.9. The molecule has 0 amide bonds. The van der Waals surface area contributed by atoms with Gasteiger partial charge in [0.05, 0.1) is 6.61 Å². The fourth-order valence-electron chi connectivity index (χ4n) is 1.68. The van der Waals surface area contributed by atoms with Crippen molar-refractivity contribution in [3.8, 4) is 0 Å². The minimum atomic E-state index is -0.294. The van der Waals surface area contributed by atoms with Gasteiger partial charge < -0.3 is 15.4 Å². The minimum Gasteiger partial charge on any atom is -0.465 e. The molecule has 0 bridgehead atoms. The molecule has 1 aromatic rings. The highest BCUT2D eigenvalue weighted by Gasteiger charge is 2.33. The van der Waals surface area contributed by atoms with Crippen molar-refractivity contribution in [2.24, 2.45) is 0 Å². The summed E-state index contributed by atoms with van der Waals surface area (Å²) in [6.07, 6.45) is 3.37. The molecular formula is C11H15ClN4O2. The summed E-state index contributed by atoms with van der Waals surface area (Å²) < 4.78 is 4.94. The molecule has 18 heavy (non-hydrogen) atoms. The Morgan fingerprint density at radius 3 is 2.94 bits per heavy atom. The van der Waals surface area contributed by atoms with Crippen molar-refractivity contribution >= 4 is 29.2 Å². The molecule has 1 heterocycles. The smallest absolute Gasteiger partial charge is 0.325 e. The number of nitrogen functional groups attached to an aromatic ring is 1. The number of esters is 1. The van der Waals surface area contributed by atoms with Crippen LogP contribution in [0.1, 0.15) is 19.8 Å². The summed E-state index contributed by atoms with van der Waals surface area (Å²) in [5.74, 6) is 0.425. The molecule has 98 valence electrons. The first-order valence-electron chi connectivity index (χ1n) is 5.81. The van der Waals surface area contributed by atoms with Gasteiger partial charge in [-0.2, -0.15) is 0 Å². The van der Waals surface area contributed by atoms with E-state index in [4.69, 9.17) is 22.1 Å². The summed E-state index contributed by atoms with van der Waals surface area (Å²) in [4.78, 5) is 21.3. The van der Waals surface area contributed by atoms with Crippen LogP contribution in [0.5, 0.6) is 0 Å². The molecule has 0 radical (unpaired) electrons. The molecule has 0 saturated heterocycles. The largest absolute Gasteiger partial charge is 0.465 e. The first kappa shape index (κ1) is 12.9. The Morgan fingerprint density at radius 2 is 2.33 bits per heavy atom. The van der Waals surface area contributed by atoms with E-state index in [1.165, 1.54) is 6.33 Å². The molecule has 0 aliphatic heterocycles. The Hall–Kier alpha value is -1.56. The van der Waals surface area contributed by atoms with Crippen LogP contribution in [0, 0.1) is 0 Å². The standard InChI is InChI=1S/C11H15ClN4O2/c1-2-18-8(17)5-16(7-3-4-7)11-9(12)10(13)14-6-15-11/h6-7H,2-5H2,1H3,(H2,13,14,15).